The van der Waals surface area contributed by atoms with Crippen molar-refractivity contribution < 1.29 is 23.5 Å². The lowest BCUT2D eigenvalue weighted by Gasteiger charge is -2.25. The van der Waals surface area contributed by atoms with Crippen molar-refractivity contribution in [2.75, 3.05) is 6.26 Å². The Balaban J connectivity index is 1.80. The maximum Gasteiger partial charge on any atom is 0.264 e. The van der Waals surface area contributed by atoms with Crippen LogP contribution in [0.15, 0.2) is 54.7 Å². The number of aromatic nitrogens is 1. The highest BCUT2D eigenvalue weighted by Crippen LogP contribution is 2.25. The fraction of sp³-hybridized carbons (Fsp3) is 0.320. The molecule has 0 fully saturated rings. The maximum atomic E-state index is 12.2. The average molecular weight is 469 g/mol. The van der Waals surface area contributed by atoms with Crippen molar-refractivity contribution >= 4 is 26.6 Å². The number of hydrogen-bond acceptors (Lipinski definition) is 5. The second-order valence-corrected chi connectivity index (χ2v) is 11.3. The van der Waals surface area contributed by atoms with E-state index in [-0.39, 0.29) is 13.0 Å². The van der Waals surface area contributed by atoms with Gasteiger partial charge in [-0.3, -0.25) is 10.0 Å². The molecule has 1 aromatic heterocycles. The Morgan fingerprint density at radius 1 is 1.03 bits per heavy atom. The lowest BCUT2D eigenvalue weighted by atomic mass is 9.97. The zero-order valence-corrected chi connectivity index (χ0v) is 19.9. The minimum Gasteiger partial charge on any atom is -0.386 e. The van der Waals surface area contributed by atoms with Gasteiger partial charge in [-0.05, 0) is 69.2 Å². The molecule has 1 heterocycles. The van der Waals surface area contributed by atoms with Crippen LogP contribution in [0.1, 0.15) is 43.9 Å². The molecule has 174 valence electrons. The maximum absolute atomic E-state index is 12.2. The monoisotopic (exact) mass is 468 g/mol. The van der Waals surface area contributed by atoms with Gasteiger partial charge >= 0.3 is 0 Å². The van der Waals surface area contributed by atoms with Crippen molar-refractivity contribution in [3.8, 4) is 11.8 Å². The summed E-state index contributed by atoms with van der Waals surface area (Å²) in [5.74, 6) is 5.31. The highest BCUT2D eigenvalue weighted by Gasteiger charge is 2.43. The predicted molar refractivity (Wildman–Crippen MR) is 127 cm³/mol. The summed E-state index contributed by atoms with van der Waals surface area (Å²) in [6.07, 6.45) is 2.82. The number of sulfone groups is 1. The summed E-state index contributed by atoms with van der Waals surface area (Å²) in [4.78, 5) is 12.0. The van der Waals surface area contributed by atoms with E-state index in [4.69, 9.17) is 5.21 Å². The summed E-state index contributed by atoms with van der Waals surface area (Å²) in [6.45, 7) is 5.05. The van der Waals surface area contributed by atoms with Crippen LogP contribution in [0.5, 0.6) is 0 Å². The molecule has 1 amide bonds. The van der Waals surface area contributed by atoms with E-state index in [0.717, 1.165) is 33.8 Å². The number of nitrogens with zero attached hydrogens (tertiary/aromatic N) is 1. The number of hydrogen-bond donors (Lipinski definition) is 3. The lowest BCUT2D eigenvalue weighted by Crippen LogP contribution is -2.49. The molecule has 0 aliphatic heterocycles. The third kappa shape index (κ3) is 5.28. The normalized spacial score (nSPS) is 13.8. The third-order valence-electron chi connectivity index (χ3n) is 5.94. The SMILES string of the molecule is CC(C)(O)c1ccc(C#Cc2ccc3c(ccn3CC[C@](C)(C(=O)NO)S(C)(=O)=O)c2)cc1. The van der Waals surface area contributed by atoms with Crippen LogP contribution < -0.4 is 5.48 Å². The fourth-order valence-electron chi connectivity index (χ4n) is 3.50. The molecule has 0 radical (unpaired) electrons. The highest BCUT2D eigenvalue weighted by atomic mass is 32.2. The zero-order chi connectivity index (χ0) is 24.4. The number of rotatable bonds is 6. The molecular formula is C25H28N2O5S. The number of hydroxylamine groups is 1. The molecule has 0 bridgehead atoms. The van der Waals surface area contributed by atoms with Crippen LogP contribution >= 0.6 is 0 Å². The van der Waals surface area contributed by atoms with Crippen molar-refractivity contribution in [1.82, 2.24) is 10.0 Å². The first-order valence-corrected chi connectivity index (χ1v) is 12.3. The molecule has 8 heteroatoms. The first kappa shape index (κ1) is 24.5. The van der Waals surface area contributed by atoms with Crippen molar-refractivity contribution in [1.29, 1.82) is 0 Å². The molecule has 0 aliphatic rings. The number of benzene rings is 2. The van der Waals surface area contributed by atoms with Crippen molar-refractivity contribution in [3.63, 3.8) is 0 Å². The first-order chi connectivity index (χ1) is 15.3. The molecule has 1 atom stereocenters. The van der Waals surface area contributed by atoms with Gasteiger partial charge in [0.25, 0.3) is 5.91 Å². The van der Waals surface area contributed by atoms with Crippen LogP contribution in [-0.4, -0.2) is 40.2 Å². The van der Waals surface area contributed by atoms with E-state index in [1.807, 2.05) is 59.3 Å². The molecule has 0 aliphatic carbocycles. The number of amides is 1. The van der Waals surface area contributed by atoms with Gasteiger partial charge in [-0.25, -0.2) is 13.9 Å². The Morgan fingerprint density at radius 2 is 1.64 bits per heavy atom. The molecule has 2 aromatic carbocycles. The zero-order valence-electron chi connectivity index (χ0n) is 19.1. The molecule has 0 spiro atoms. The summed E-state index contributed by atoms with van der Waals surface area (Å²) in [7, 11) is -3.75. The van der Waals surface area contributed by atoms with Crippen LogP contribution in [0.3, 0.4) is 0 Å². The Hall–Kier alpha value is -3.12. The van der Waals surface area contributed by atoms with Crippen molar-refractivity contribution in [2.45, 2.75) is 44.1 Å². The highest BCUT2D eigenvalue weighted by molar-refractivity contribution is 7.92. The average Bonchev–Trinajstić information content (AvgIpc) is 3.16. The van der Waals surface area contributed by atoms with Crippen molar-refractivity contribution in [3.05, 3.63) is 71.4 Å². The number of aliphatic hydroxyl groups is 1. The molecule has 3 rings (SSSR count). The summed E-state index contributed by atoms with van der Waals surface area (Å²) < 4.78 is 24.5. The van der Waals surface area contributed by atoms with E-state index in [0.29, 0.717) is 0 Å². The largest absolute Gasteiger partial charge is 0.386 e. The summed E-state index contributed by atoms with van der Waals surface area (Å²) in [5.41, 5.74) is 3.94. The third-order valence-corrected chi connectivity index (χ3v) is 7.97. The molecular weight excluding hydrogens is 440 g/mol. The van der Waals surface area contributed by atoms with Gasteiger partial charge in [-0.15, -0.1) is 0 Å². The van der Waals surface area contributed by atoms with E-state index in [1.165, 1.54) is 12.4 Å². The smallest absolute Gasteiger partial charge is 0.264 e. The molecule has 0 saturated carbocycles. The van der Waals surface area contributed by atoms with Gasteiger partial charge in [0.05, 0.1) is 5.60 Å². The quantitative estimate of drug-likeness (QED) is 0.293. The summed E-state index contributed by atoms with van der Waals surface area (Å²) >= 11 is 0. The Kier molecular flexibility index (Phi) is 6.70. The fourth-order valence-corrected chi connectivity index (χ4v) is 4.34. The molecule has 33 heavy (non-hydrogen) atoms. The Morgan fingerprint density at radius 3 is 2.21 bits per heavy atom. The molecule has 3 N–H and O–H groups in total. The van der Waals surface area contributed by atoms with Gasteiger partial charge < -0.3 is 9.67 Å². The van der Waals surface area contributed by atoms with E-state index in [9.17, 15) is 18.3 Å². The van der Waals surface area contributed by atoms with Gasteiger partial charge in [0.1, 0.15) is 0 Å². The Bertz CT molecular complexity index is 1340. The van der Waals surface area contributed by atoms with Crippen molar-refractivity contribution in [2.24, 2.45) is 0 Å². The van der Waals surface area contributed by atoms with Gasteiger partial charge in [-0.1, -0.05) is 24.0 Å². The van der Waals surface area contributed by atoms with E-state index < -0.39 is 26.1 Å². The Labute approximate surface area is 193 Å². The summed E-state index contributed by atoms with van der Waals surface area (Å²) in [5, 5.41) is 20.0. The lowest BCUT2D eigenvalue weighted by molar-refractivity contribution is -0.131. The first-order valence-electron chi connectivity index (χ1n) is 10.4. The van der Waals surface area contributed by atoms with Gasteiger partial charge in [0.2, 0.25) is 0 Å². The topological polar surface area (TPSA) is 109 Å². The van der Waals surface area contributed by atoms with E-state index >= 15 is 0 Å². The second kappa shape index (κ2) is 9.02. The number of nitrogens with one attached hydrogen (secondary N) is 1. The van der Waals surface area contributed by atoms with Gasteiger partial charge in [-0.2, -0.15) is 0 Å². The predicted octanol–water partition coefficient (Wildman–Crippen LogP) is 2.97. The van der Waals surface area contributed by atoms with Crippen LogP contribution in [0, 0.1) is 11.8 Å². The number of carbonyl (C=O) groups excluding carboxylic acids is 1. The number of fused-ring (bicyclic) bond motifs is 1. The van der Waals surface area contributed by atoms with E-state index in [1.54, 1.807) is 13.8 Å². The second-order valence-electron chi connectivity index (χ2n) is 8.86. The van der Waals surface area contributed by atoms with Crippen LogP contribution in [0.25, 0.3) is 10.9 Å². The summed E-state index contributed by atoms with van der Waals surface area (Å²) in [6, 6.07) is 15.1. The van der Waals surface area contributed by atoms with Crippen LogP contribution in [-0.2, 0) is 26.8 Å². The van der Waals surface area contributed by atoms with Crippen LogP contribution in [0.2, 0.25) is 0 Å². The number of aryl methyl sites for hydroxylation is 1. The number of carbonyl (C=O) groups is 1. The minimum absolute atomic E-state index is 0.00417. The molecule has 7 nitrogen and oxygen atoms in total. The van der Waals surface area contributed by atoms with Gasteiger partial charge in [0.15, 0.2) is 14.6 Å². The molecule has 0 unspecified atom stereocenters. The standard InChI is InChI=1S/C25H28N2O5S/c1-24(2,29)21-10-7-18(8-11-21)5-6-19-9-12-22-20(17-19)13-15-27(22)16-14-25(3,23(28)26-30)33(4,31)32/h7-13,15,17,29-30H,14,16H2,1-4H3,(H,26,28)/t25-/m1/s1. The van der Waals surface area contributed by atoms with E-state index in [2.05, 4.69) is 11.8 Å². The van der Waals surface area contributed by atoms with Crippen LogP contribution in [0.4, 0.5) is 0 Å². The minimum atomic E-state index is -3.75. The molecule has 3 aromatic rings. The van der Waals surface area contributed by atoms with Gasteiger partial charge in [0, 0.05) is 41.0 Å². The molecule has 0 saturated heterocycles.